The van der Waals surface area contributed by atoms with E-state index in [0.29, 0.717) is 6.42 Å². The van der Waals surface area contributed by atoms with Crippen molar-refractivity contribution >= 4 is 18.0 Å². The maximum Gasteiger partial charge on any atom is 0.408 e. The van der Waals surface area contributed by atoms with Crippen LogP contribution in [-0.2, 0) is 19.1 Å². The lowest BCUT2D eigenvalue weighted by Crippen LogP contribution is -2.49. The minimum atomic E-state index is -0.760. The summed E-state index contributed by atoms with van der Waals surface area (Å²) >= 11 is 0. The van der Waals surface area contributed by atoms with E-state index in [0.717, 1.165) is 0 Å². The van der Waals surface area contributed by atoms with Gasteiger partial charge in [-0.15, -0.1) is 0 Å². The fourth-order valence-corrected chi connectivity index (χ4v) is 1.65. The van der Waals surface area contributed by atoms with Crippen LogP contribution in [0.3, 0.4) is 0 Å². The van der Waals surface area contributed by atoms with Crippen LogP contribution < -0.4 is 10.6 Å². The largest absolute Gasteiger partial charge is 0.465 e. The fraction of sp³-hybridized carbons (Fsp3) is 0.800. The summed E-state index contributed by atoms with van der Waals surface area (Å²) in [7, 11) is 0. The number of ether oxygens (including phenoxy) is 2. The molecule has 0 aromatic carbocycles. The first-order valence-electron chi connectivity index (χ1n) is 7.48. The Morgan fingerprint density at radius 2 is 1.73 bits per heavy atom. The molecule has 0 saturated carbocycles. The summed E-state index contributed by atoms with van der Waals surface area (Å²) in [6, 6.07) is -0.760. The Bertz CT molecular complexity index is 388. The van der Waals surface area contributed by atoms with Crippen molar-refractivity contribution in [3.63, 3.8) is 0 Å². The Labute approximate surface area is 132 Å². The zero-order chi connectivity index (χ0) is 17.3. The maximum absolute atomic E-state index is 12.1. The van der Waals surface area contributed by atoms with Gasteiger partial charge in [0.05, 0.1) is 6.61 Å². The summed E-state index contributed by atoms with van der Waals surface area (Å²) in [4.78, 5) is 35.1. The third-order valence-electron chi connectivity index (χ3n) is 2.43. The zero-order valence-corrected chi connectivity index (χ0v) is 14.3. The molecule has 0 saturated heterocycles. The zero-order valence-electron chi connectivity index (χ0n) is 14.3. The van der Waals surface area contributed by atoms with Gasteiger partial charge in [-0.25, -0.2) is 4.79 Å². The van der Waals surface area contributed by atoms with Crippen molar-refractivity contribution in [1.82, 2.24) is 10.6 Å². The highest BCUT2D eigenvalue weighted by Gasteiger charge is 2.25. The number of alkyl carbamates (subject to hydrolysis) is 1. The van der Waals surface area contributed by atoms with Crippen molar-refractivity contribution in [1.29, 1.82) is 0 Å². The average Bonchev–Trinajstić information content (AvgIpc) is 2.32. The van der Waals surface area contributed by atoms with Gasteiger partial charge in [0.2, 0.25) is 5.91 Å². The second kappa shape index (κ2) is 9.27. The maximum atomic E-state index is 12.1. The second-order valence-electron chi connectivity index (χ2n) is 6.35. The van der Waals surface area contributed by atoms with Gasteiger partial charge in [0.25, 0.3) is 0 Å². The quantitative estimate of drug-likeness (QED) is 0.696. The Balaban J connectivity index is 4.58. The van der Waals surface area contributed by atoms with Crippen molar-refractivity contribution in [2.75, 3.05) is 13.2 Å². The summed E-state index contributed by atoms with van der Waals surface area (Å²) in [6.07, 6.45) is -0.224. The highest BCUT2D eigenvalue weighted by Crippen LogP contribution is 2.09. The molecule has 0 bridgehead atoms. The summed E-state index contributed by atoms with van der Waals surface area (Å²) in [5, 5.41) is 4.99. The molecule has 0 aliphatic rings. The third-order valence-corrected chi connectivity index (χ3v) is 2.43. The van der Waals surface area contributed by atoms with Crippen LogP contribution in [0.5, 0.6) is 0 Å². The normalized spacial score (nSPS) is 12.5. The predicted molar refractivity (Wildman–Crippen MR) is 82.3 cm³/mol. The molecular formula is C15H28N2O5. The average molecular weight is 316 g/mol. The monoisotopic (exact) mass is 316 g/mol. The highest BCUT2D eigenvalue weighted by atomic mass is 16.6. The van der Waals surface area contributed by atoms with E-state index in [9.17, 15) is 14.4 Å². The van der Waals surface area contributed by atoms with E-state index in [4.69, 9.17) is 9.47 Å². The van der Waals surface area contributed by atoms with Crippen LogP contribution in [0.1, 0.15) is 48.0 Å². The molecule has 2 amide bonds. The van der Waals surface area contributed by atoms with Crippen LogP contribution in [0.15, 0.2) is 0 Å². The predicted octanol–water partition coefficient (Wildman–Crippen LogP) is 1.61. The van der Waals surface area contributed by atoms with Gasteiger partial charge in [-0.2, -0.15) is 0 Å². The second-order valence-corrected chi connectivity index (χ2v) is 6.35. The number of esters is 1. The first kappa shape index (κ1) is 20.2. The molecule has 0 aliphatic carbocycles. The molecule has 7 nitrogen and oxygen atoms in total. The summed E-state index contributed by atoms with van der Waals surface area (Å²) in [5.41, 5.74) is -0.645. The molecule has 0 rings (SSSR count). The Morgan fingerprint density at radius 1 is 1.14 bits per heavy atom. The van der Waals surface area contributed by atoms with Crippen LogP contribution in [-0.4, -0.2) is 42.8 Å². The van der Waals surface area contributed by atoms with Gasteiger partial charge in [-0.05, 0) is 40.0 Å². The van der Waals surface area contributed by atoms with Gasteiger partial charge in [0.15, 0.2) is 0 Å². The Hall–Kier alpha value is -1.79. The van der Waals surface area contributed by atoms with Gasteiger partial charge in [0, 0.05) is 0 Å². The van der Waals surface area contributed by atoms with Crippen molar-refractivity contribution in [2.24, 2.45) is 5.92 Å². The molecule has 0 fully saturated rings. The van der Waals surface area contributed by atoms with E-state index in [1.165, 1.54) is 0 Å². The molecule has 0 aliphatic heterocycles. The van der Waals surface area contributed by atoms with Crippen LogP contribution in [0.2, 0.25) is 0 Å². The lowest BCUT2D eigenvalue weighted by Gasteiger charge is -2.24. The smallest absolute Gasteiger partial charge is 0.408 e. The van der Waals surface area contributed by atoms with E-state index in [1.54, 1.807) is 27.7 Å². The SMILES string of the molecule is CCOC(=O)CNC(=O)[C@H](CC(C)C)NC(=O)OC(C)(C)C. The van der Waals surface area contributed by atoms with E-state index in [2.05, 4.69) is 10.6 Å². The lowest BCUT2D eigenvalue weighted by molar-refractivity contribution is -0.143. The number of carbonyl (C=O) groups excluding carboxylic acids is 3. The van der Waals surface area contributed by atoms with E-state index < -0.39 is 29.6 Å². The lowest BCUT2D eigenvalue weighted by atomic mass is 10.0. The molecule has 0 radical (unpaired) electrons. The Morgan fingerprint density at radius 3 is 2.18 bits per heavy atom. The molecule has 2 N–H and O–H groups in total. The molecule has 0 aromatic heterocycles. The summed E-state index contributed by atoms with van der Waals surface area (Å²) < 4.78 is 9.88. The number of amides is 2. The highest BCUT2D eigenvalue weighted by molar-refractivity contribution is 5.88. The van der Waals surface area contributed by atoms with E-state index >= 15 is 0 Å². The molecule has 7 heteroatoms. The summed E-state index contributed by atoms with van der Waals surface area (Å²) in [5.74, 6) is -0.766. The minimum Gasteiger partial charge on any atom is -0.465 e. The topological polar surface area (TPSA) is 93.7 Å². The molecular weight excluding hydrogens is 288 g/mol. The number of hydrogen-bond acceptors (Lipinski definition) is 5. The fourth-order valence-electron chi connectivity index (χ4n) is 1.65. The first-order valence-corrected chi connectivity index (χ1v) is 7.48. The Kier molecular flexibility index (Phi) is 8.52. The van der Waals surface area contributed by atoms with Crippen molar-refractivity contribution in [3.8, 4) is 0 Å². The molecule has 0 unspecified atom stereocenters. The van der Waals surface area contributed by atoms with Gasteiger partial charge < -0.3 is 20.1 Å². The molecule has 0 heterocycles. The van der Waals surface area contributed by atoms with Crippen molar-refractivity contribution < 1.29 is 23.9 Å². The summed E-state index contributed by atoms with van der Waals surface area (Å²) in [6.45, 7) is 10.8. The molecule has 0 aromatic rings. The van der Waals surface area contributed by atoms with Gasteiger partial charge in [-0.1, -0.05) is 13.8 Å². The van der Waals surface area contributed by atoms with Crippen molar-refractivity contribution in [3.05, 3.63) is 0 Å². The van der Waals surface area contributed by atoms with Crippen LogP contribution >= 0.6 is 0 Å². The number of rotatable bonds is 7. The third kappa shape index (κ3) is 10.0. The van der Waals surface area contributed by atoms with E-state index in [-0.39, 0.29) is 19.1 Å². The standard InChI is InChI=1S/C15H28N2O5/c1-7-21-12(18)9-16-13(19)11(8-10(2)3)17-14(20)22-15(4,5)6/h10-11H,7-9H2,1-6H3,(H,16,19)(H,17,20)/t11-/m0/s1. The van der Waals surface area contributed by atoms with E-state index in [1.807, 2.05) is 13.8 Å². The van der Waals surface area contributed by atoms with Crippen LogP contribution in [0.4, 0.5) is 4.79 Å². The molecule has 128 valence electrons. The van der Waals surface area contributed by atoms with Crippen molar-refractivity contribution in [2.45, 2.75) is 59.6 Å². The number of nitrogens with one attached hydrogen (secondary N) is 2. The molecule has 1 atom stereocenters. The number of carbonyl (C=O) groups is 3. The number of hydrogen-bond donors (Lipinski definition) is 2. The van der Waals surface area contributed by atoms with Crippen LogP contribution in [0, 0.1) is 5.92 Å². The van der Waals surface area contributed by atoms with Gasteiger partial charge in [-0.3, -0.25) is 9.59 Å². The minimum absolute atomic E-state index is 0.188. The molecule has 22 heavy (non-hydrogen) atoms. The van der Waals surface area contributed by atoms with Gasteiger partial charge >= 0.3 is 12.1 Å². The van der Waals surface area contributed by atoms with Gasteiger partial charge in [0.1, 0.15) is 18.2 Å². The van der Waals surface area contributed by atoms with Crippen LogP contribution in [0.25, 0.3) is 0 Å². The first-order chi connectivity index (χ1) is 10.0. The molecule has 0 spiro atoms.